The third-order valence-electron chi connectivity index (χ3n) is 2.35. The molecule has 19 heavy (non-hydrogen) atoms. The van der Waals surface area contributed by atoms with E-state index in [1.165, 1.54) is 0 Å². The Hall–Kier alpha value is -2.81. The van der Waals surface area contributed by atoms with Gasteiger partial charge in [0, 0.05) is 12.2 Å². The Morgan fingerprint density at radius 1 is 1.32 bits per heavy atom. The molecular weight excluding hydrogens is 244 g/mol. The van der Waals surface area contributed by atoms with Gasteiger partial charge in [0.15, 0.2) is 0 Å². The van der Waals surface area contributed by atoms with Crippen molar-refractivity contribution in [2.24, 2.45) is 5.73 Å². The Morgan fingerprint density at radius 2 is 1.95 bits per heavy atom. The molecule has 1 rings (SSSR count). The Balaban J connectivity index is 2.74. The van der Waals surface area contributed by atoms with Gasteiger partial charge in [0.05, 0.1) is 0 Å². The van der Waals surface area contributed by atoms with Gasteiger partial charge in [-0.25, -0.2) is 4.79 Å². The third kappa shape index (κ3) is 4.52. The van der Waals surface area contributed by atoms with Gasteiger partial charge in [-0.1, -0.05) is 30.3 Å². The molecule has 0 radical (unpaired) electrons. The van der Waals surface area contributed by atoms with Gasteiger partial charge < -0.3 is 11.1 Å². The van der Waals surface area contributed by atoms with Crippen molar-refractivity contribution in [3.8, 4) is 6.07 Å². The van der Waals surface area contributed by atoms with Crippen LogP contribution in [0.5, 0.6) is 0 Å². The third-order valence-corrected chi connectivity index (χ3v) is 2.35. The summed E-state index contributed by atoms with van der Waals surface area (Å²) in [6.45, 7) is 2.06. The van der Waals surface area contributed by atoms with Crippen molar-refractivity contribution in [3.63, 3.8) is 0 Å². The van der Waals surface area contributed by atoms with Crippen LogP contribution in [0.2, 0.25) is 0 Å². The lowest BCUT2D eigenvalue weighted by atomic mass is 10.2. The number of hydrogen-bond donors (Lipinski definition) is 3. The second-order valence-electron chi connectivity index (χ2n) is 3.77. The number of allylic oxidation sites excluding steroid dienone is 1. The molecule has 0 aliphatic heterocycles. The largest absolute Gasteiger partial charge is 0.383 e. The quantitative estimate of drug-likeness (QED) is 0.547. The number of nitrogens with zero attached hydrogens (tertiary/aromatic N) is 1. The lowest BCUT2D eigenvalue weighted by Crippen LogP contribution is -2.36. The fourth-order valence-corrected chi connectivity index (χ4v) is 1.40. The number of nitrogens with one attached hydrogen (secondary N) is 2. The number of urea groups is 1. The second-order valence-corrected chi connectivity index (χ2v) is 3.77. The number of benzene rings is 1. The maximum absolute atomic E-state index is 11.5. The van der Waals surface area contributed by atoms with Crippen LogP contribution in [-0.2, 0) is 11.3 Å². The second kappa shape index (κ2) is 6.81. The van der Waals surface area contributed by atoms with E-state index in [0.29, 0.717) is 12.2 Å². The van der Waals surface area contributed by atoms with Crippen molar-refractivity contribution in [3.05, 3.63) is 47.2 Å². The zero-order valence-electron chi connectivity index (χ0n) is 10.4. The Kier molecular flexibility index (Phi) is 5.11. The topological polar surface area (TPSA) is 108 Å². The minimum Gasteiger partial charge on any atom is -0.383 e. The van der Waals surface area contributed by atoms with Gasteiger partial charge in [0.25, 0.3) is 5.91 Å². The van der Waals surface area contributed by atoms with Gasteiger partial charge in [-0.3, -0.25) is 10.1 Å². The Bertz CT molecular complexity index is 544. The maximum atomic E-state index is 11.5. The highest BCUT2D eigenvalue weighted by molar-refractivity contribution is 6.06. The highest BCUT2D eigenvalue weighted by Gasteiger charge is 2.14. The van der Waals surface area contributed by atoms with Gasteiger partial charge in [-0.15, -0.1) is 0 Å². The first kappa shape index (κ1) is 14.3. The standard InChI is InChI=1S/C13H14N4O2/c1-9(11(7-14)12(18)17-13(15)19)16-8-10-5-3-2-4-6-10/h2-6,16H,8H2,1H3,(H3,15,17,18,19)/b11-9-. The lowest BCUT2D eigenvalue weighted by Gasteiger charge is -2.08. The minimum absolute atomic E-state index is 0.172. The lowest BCUT2D eigenvalue weighted by molar-refractivity contribution is -0.116. The number of imide groups is 1. The molecule has 0 saturated heterocycles. The molecular formula is C13H14N4O2. The maximum Gasteiger partial charge on any atom is 0.319 e. The molecule has 0 aliphatic carbocycles. The van der Waals surface area contributed by atoms with Crippen LogP contribution in [0, 0.1) is 11.3 Å². The molecule has 4 N–H and O–H groups in total. The Labute approximate surface area is 110 Å². The van der Waals surface area contributed by atoms with E-state index < -0.39 is 11.9 Å². The predicted octanol–water partition coefficient (Wildman–Crippen LogP) is 0.769. The average molecular weight is 258 g/mol. The van der Waals surface area contributed by atoms with E-state index in [1.54, 1.807) is 13.0 Å². The van der Waals surface area contributed by atoms with Crippen molar-refractivity contribution in [1.82, 2.24) is 10.6 Å². The molecule has 98 valence electrons. The summed E-state index contributed by atoms with van der Waals surface area (Å²) >= 11 is 0. The molecule has 1 aromatic carbocycles. The normalized spacial score (nSPS) is 10.9. The molecule has 6 nitrogen and oxygen atoms in total. The zero-order valence-corrected chi connectivity index (χ0v) is 10.4. The van der Waals surface area contributed by atoms with Crippen molar-refractivity contribution >= 4 is 11.9 Å². The predicted molar refractivity (Wildman–Crippen MR) is 69.3 cm³/mol. The SMILES string of the molecule is C/C(NCc1ccccc1)=C(\C#N)C(=O)NC(N)=O. The first-order chi connectivity index (χ1) is 9.04. The van der Waals surface area contributed by atoms with E-state index in [0.717, 1.165) is 5.56 Å². The van der Waals surface area contributed by atoms with Crippen LogP contribution in [-0.4, -0.2) is 11.9 Å². The van der Waals surface area contributed by atoms with E-state index in [2.05, 4.69) is 5.32 Å². The molecule has 1 aromatic rings. The number of rotatable bonds is 4. The molecule has 0 atom stereocenters. The summed E-state index contributed by atoms with van der Waals surface area (Å²) < 4.78 is 0. The van der Waals surface area contributed by atoms with Crippen LogP contribution in [0.25, 0.3) is 0 Å². The van der Waals surface area contributed by atoms with Crippen LogP contribution < -0.4 is 16.4 Å². The molecule has 0 spiro atoms. The number of carbonyl (C=O) groups is 2. The van der Waals surface area contributed by atoms with Crippen LogP contribution in [0.1, 0.15) is 12.5 Å². The summed E-state index contributed by atoms with van der Waals surface area (Å²) in [6.07, 6.45) is 0. The van der Waals surface area contributed by atoms with Crippen molar-refractivity contribution in [1.29, 1.82) is 5.26 Å². The molecule has 0 aromatic heterocycles. The molecule has 0 unspecified atom stereocenters. The van der Waals surface area contributed by atoms with E-state index in [9.17, 15) is 9.59 Å². The van der Waals surface area contributed by atoms with Crippen molar-refractivity contribution < 1.29 is 9.59 Å². The summed E-state index contributed by atoms with van der Waals surface area (Å²) in [5, 5.41) is 13.7. The average Bonchev–Trinajstić information content (AvgIpc) is 2.37. The first-order valence-corrected chi connectivity index (χ1v) is 5.54. The highest BCUT2D eigenvalue weighted by atomic mass is 16.2. The minimum atomic E-state index is -0.992. The van der Waals surface area contributed by atoms with Crippen LogP contribution >= 0.6 is 0 Å². The summed E-state index contributed by atoms with van der Waals surface area (Å²) in [6, 6.07) is 10.2. The highest BCUT2D eigenvalue weighted by Crippen LogP contribution is 2.03. The Morgan fingerprint density at radius 3 is 2.47 bits per heavy atom. The van der Waals surface area contributed by atoms with Gasteiger partial charge in [0.1, 0.15) is 11.6 Å². The zero-order chi connectivity index (χ0) is 14.3. The number of nitriles is 1. The van der Waals surface area contributed by atoms with Crippen molar-refractivity contribution in [2.45, 2.75) is 13.5 Å². The molecule has 0 bridgehead atoms. The summed E-state index contributed by atoms with van der Waals surface area (Å²) in [5.41, 5.74) is 6.04. The summed E-state index contributed by atoms with van der Waals surface area (Å²) in [7, 11) is 0. The molecule has 0 heterocycles. The summed E-state index contributed by atoms with van der Waals surface area (Å²) in [5.74, 6) is -0.812. The monoisotopic (exact) mass is 258 g/mol. The number of hydrogen-bond acceptors (Lipinski definition) is 4. The van der Waals surface area contributed by atoms with Gasteiger partial charge in [-0.05, 0) is 12.5 Å². The fourth-order valence-electron chi connectivity index (χ4n) is 1.40. The molecule has 3 amide bonds. The number of primary amides is 1. The van der Waals surface area contributed by atoms with Gasteiger partial charge in [0.2, 0.25) is 0 Å². The van der Waals surface area contributed by atoms with Crippen LogP contribution in [0.3, 0.4) is 0 Å². The molecule has 0 saturated carbocycles. The van der Waals surface area contributed by atoms with E-state index in [1.807, 2.05) is 35.6 Å². The van der Waals surface area contributed by atoms with Crippen LogP contribution in [0.4, 0.5) is 4.79 Å². The smallest absolute Gasteiger partial charge is 0.319 e. The molecule has 6 heteroatoms. The van der Waals surface area contributed by atoms with E-state index in [-0.39, 0.29) is 5.57 Å². The molecule has 0 aliphatic rings. The number of carbonyl (C=O) groups excluding carboxylic acids is 2. The van der Waals surface area contributed by atoms with Gasteiger partial charge >= 0.3 is 6.03 Å². The fraction of sp³-hybridized carbons (Fsp3) is 0.154. The first-order valence-electron chi connectivity index (χ1n) is 5.54. The van der Waals surface area contributed by atoms with Crippen LogP contribution in [0.15, 0.2) is 41.6 Å². The van der Waals surface area contributed by atoms with E-state index >= 15 is 0 Å². The number of nitrogens with two attached hydrogens (primary N) is 1. The van der Waals surface area contributed by atoms with E-state index in [4.69, 9.17) is 11.0 Å². The summed E-state index contributed by atoms with van der Waals surface area (Å²) in [4.78, 5) is 22.1. The molecule has 0 fully saturated rings. The van der Waals surface area contributed by atoms with Gasteiger partial charge in [-0.2, -0.15) is 5.26 Å². The number of amides is 3. The van der Waals surface area contributed by atoms with Crippen molar-refractivity contribution in [2.75, 3.05) is 0 Å².